The third-order valence-electron chi connectivity index (χ3n) is 3.02. The second-order valence-corrected chi connectivity index (χ2v) is 4.31. The highest BCUT2D eigenvalue weighted by Crippen LogP contribution is 2.28. The van der Waals surface area contributed by atoms with Gasteiger partial charge in [-0.2, -0.15) is 4.98 Å². The number of ether oxygens (including phenoxy) is 1. The SMILES string of the molecule is COc1n[nH]c(NC(=O)c2ccc3ccccc3c2O)n1. The zero-order valence-electron chi connectivity index (χ0n) is 11.1. The average Bonchev–Trinajstić information content (AvgIpc) is 2.95. The van der Waals surface area contributed by atoms with Crippen molar-refractivity contribution in [1.29, 1.82) is 0 Å². The van der Waals surface area contributed by atoms with Crippen LogP contribution in [-0.4, -0.2) is 33.3 Å². The molecular weight excluding hydrogens is 272 g/mol. The van der Waals surface area contributed by atoms with Crippen molar-refractivity contribution in [3.8, 4) is 11.8 Å². The molecular formula is C14H12N4O3. The lowest BCUT2D eigenvalue weighted by molar-refractivity contribution is 0.102. The van der Waals surface area contributed by atoms with E-state index in [-0.39, 0.29) is 23.3 Å². The molecule has 3 aromatic rings. The van der Waals surface area contributed by atoms with Crippen LogP contribution in [0.3, 0.4) is 0 Å². The van der Waals surface area contributed by atoms with Gasteiger partial charge in [0, 0.05) is 5.39 Å². The van der Waals surface area contributed by atoms with Gasteiger partial charge in [0.1, 0.15) is 5.75 Å². The molecule has 0 aliphatic carbocycles. The minimum atomic E-state index is -0.489. The van der Waals surface area contributed by atoms with Gasteiger partial charge in [0.25, 0.3) is 5.91 Å². The van der Waals surface area contributed by atoms with Crippen LogP contribution in [0.15, 0.2) is 36.4 Å². The Kier molecular flexibility index (Phi) is 3.15. The van der Waals surface area contributed by atoms with Gasteiger partial charge in [0.15, 0.2) is 0 Å². The number of aromatic amines is 1. The van der Waals surface area contributed by atoms with E-state index in [9.17, 15) is 9.90 Å². The van der Waals surface area contributed by atoms with E-state index in [1.807, 2.05) is 12.1 Å². The van der Waals surface area contributed by atoms with Gasteiger partial charge < -0.3 is 9.84 Å². The summed E-state index contributed by atoms with van der Waals surface area (Å²) in [5, 5.41) is 20.4. The number of hydrogen-bond donors (Lipinski definition) is 3. The number of nitrogens with one attached hydrogen (secondary N) is 2. The van der Waals surface area contributed by atoms with Crippen molar-refractivity contribution in [2.75, 3.05) is 12.4 Å². The van der Waals surface area contributed by atoms with Crippen molar-refractivity contribution >= 4 is 22.6 Å². The number of hydrogen-bond acceptors (Lipinski definition) is 5. The van der Waals surface area contributed by atoms with E-state index in [0.29, 0.717) is 5.39 Å². The largest absolute Gasteiger partial charge is 0.506 e. The van der Waals surface area contributed by atoms with Gasteiger partial charge >= 0.3 is 6.01 Å². The molecule has 0 aliphatic rings. The van der Waals surface area contributed by atoms with Crippen LogP contribution >= 0.6 is 0 Å². The van der Waals surface area contributed by atoms with E-state index < -0.39 is 5.91 Å². The van der Waals surface area contributed by atoms with E-state index in [4.69, 9.17) is 4.74 Å². The Morgan fingerprint density at radius 2 is 2.10 bits per heavy atom. The highest BCUT2D eigenvalue weighted by Gasteiger charge is 2.15. The normalized spacial score (nSPS) is 10.5. The lowest BCUT2D eigenvalue weighted by Crippen LogP contribution is -2.13. The predicted molar refractivity (Wildman–Crippen MR) is 76.5 cm³/mol. The monoisotopic (exact) mass is 284 g/mol. The molecule has 3 rings (SSSR count). The van der Waals surface area contributed by atoms with Crippen molar-refractivity contribution in [3.63, 3.8) is 0 Å². The Hall–Kier alpha value is -3.09. The van der Waals surface area contributed by atoms with E-state index in [0.717, 1.165) is 5.39 Å². The number of phenolic OH excluding ortho intramolecular Hbond substituents is 1. The molecule has 106 valence electrons. The third kappa shape index (κ3) is 2.36. The highest BCUT2D eigenvalue weighted by atomic mass is 16.5. The molecule has 0 bridgehead atoms. The number of methoxy groups -OCH3 is 1. The summed E-state index contributed by atoms with van der Waals surface area (Å²) in [6.45, 7) is 0. The highest BCUT2D eigenvalue weighted by molar-refractivity contribution is 6.09. The van der Waals surface area contributed by atoms with Gasteiger partial charge in [-0.25, -0.2) is 5.10 Å². The smallest absolute Gasteiger partial charge is 0.336 e. The number of benzene rings is 2. The minimum Gasteiger partial charge on any atom is -0.506 e. The maximum atomic E-state index is 12.2. The summed E-state index contributed by atoms with van der Waals surface area (Å²) in [7, 11) is 1.42. The number of carbonyl (C=O) groups excluding carboxylic acids is 1. The first-order valence-electron chi connectivity index (χ1n) is 6.17. The molecule has 3 N–H and O–H groups in total. The van der Waals surface area contributed by atoms with Crippen molar-refractivity contribution < 1.29 is 14.6 Å². The number of aromatic nitrogens is 3. The maximum Gasteiger partial charge on any atom is 0.336 e. The van der Waals surface area contributed by atoms with E-state index in [1.54, 1.807) is 24.3 Å². The van der Waals surface area contributed by atoms with Crippen LogP contribution in [0.1, 0.15) is 10.4 Å². The number of H-pyrrole nitrogens is 1. The first-order valence-corrected chi connectivity index (χ1v) is 6.17. The van der Waals surface area contributed by atoms with Crippen molar-refractivity contribution in [2.24, 2.45) is 0 Å². The summed E-state index contributed by atoms with van der Waals surface area (Å²) in [5.41, 5.74) is 0.157. The Balaban J connectivity index is 1.92. The number of amides is 1. The zero-order chi connectivity index (χ0) is 14.8. The Labute approximate surface area is 119 Å². The van der Waals surface area contributed by atoms with Crippen LogP contribution in [0.25, 0.3) is 10.8 Å². The zero-order valence-corrected chi connectivity index (χ0v) is 11.1. The van der Waals surface area contributed by atoms with Crippen LogP contribution in [0.2, 0.25) is 0 Å². The molecule has 0 atom stereocenters. The number of anilines is 1. The number of fused-ring (bicyclic) bond motifs is 1. The summed E-state index contributed by atoms with van der Waals surface area (Å²) in [6.07, 6.45) is 0. The van der Waals surface area contributed by atoms with Crippen LogP contribution < -0.4 is 10.1 Å². The molecule has 1 heterocycles. The standard InChI is InChI=1S/C14H12N4O3/c1-21-14-16-13(17-18-14)15-12(20)10-7-6-8-4-2-3-5-9(8)11(10)19/h2-7,19H,1H3,(H2,15,16,17,18,20). The lowest BCUT2D eigenvalue weighted by Gasteiger charge is -2.07. The summed E-state index contributed by atoms with van der Waals surface area (Å²) in [5.74, 6) is -0.418. The second-order valence-electron chi connectivity index (χ2n) is 4.31. The first-order chi connectivity index (χ1) is 10.2. The van der Waals surface area contributed by atoms with Crippen LogP contribution in [0.5, 0.6) is 11.8 Å². The predicted octanol–water partition coefficient (Wildman–Crippen LogP) is 1.92. The quantitative estimate of drug-likeness (QED) is 0.682. The molecule has 1 amide bonds. The summed E-state index contributed by atoms with van der Waals surface area (Å²) < 4.78 is 4.81. The van der Waals surface area contributed by atoms with Crippen LogP contribution in [0, 0.1) is 0 Å². The second kappa shape index (κ2) is 5.12. The molecule has 7 heteroatoms. The van der Waals surface area contributed by atoms with Gasteiger partial charge in [-0.1, -0.05) is 30.3 Å². The molecule has 0 unspecified atom stereocenters. The summed E-state index contributed by atoms with van der Waals surface area (Å²) in [4.78, 5) is 16.1. The Morgan fingerprint density at radius 3 is 2.86 bits per heavy atom. The van der Waals surface area contributed by atoms with Crippen molar-refractivity contribution in [2.45, 2.75) is 0 Å². The van der Waals surface area contributed by atoms with E-state index in [1.165, 1.54) is 7.11 Å². The molecule has 2 aromatic carbocycles. The molecule has 0 saturated heterocycles. The van der Waals surface area contributed by atoms with Gasteiger partial charge in [-0.15, -0.1) is 5.10 Å². The van der Waals surface area contributed by atoms with Gasteiger partial charge in [-0.05, 0) is 11.5 Å². The molecule has 7 nitrogen and oxygen atoms in total. The molecule has 0 aliphatic heterocycles. The number of rotatable bonds is 3. The molecule has 1 aromatic heterocycles. The molecule has 0 fully saturated rings. The average molecular weight is 284 g/mol. The van der Waals surface area contributed by atoms with Crippen molar-refractivity contribution in [3.05, 3.63) is 42.0 Å². The maximum absolute atomic E-state index is 12.2. The van der Waals surface area contributed by atoms with Gasteiger partial charge in [-0.3, -0.25) is 10.1 Å². The molecule has 0 radical (unpaired) electrons. The number of aromatic hydroxyl groups is 1. The van der Waals surface area contributed by atoms with Gasteiger partial charge in [0.2, 0.25) is 5.95 Å². The van der Waals surface area contributed by atoms with E-state index >= 15 is 0 Å². The first kappa shape index (κ1) is 12.9. The third-order valence-corrected chi connectivity index (χ3v) is 3.02. The molecule has 21 heavy (non-hydrogen) atoms. The van der Waals surface area contributed by atoms with E-state index in [2.05, 4.69) is 20.5 Å². The fourth-order valence-electron chi connectivity index (χ4n) is 2.01. The Bertz CT molecular complexity index is 813. The minimum absolute atomic E-state index is 0.0721. The number of carbonyl (C=O) groups is 1. The van der Waals surface area contributed by atoms with Crippen molar-refractivity contribution in [1.82, 2.24) is 15.2 Å². The van der Waals surface area contributed by atoms with Crippen LogP contribution in [0.4, 0.5) is 5.95 Å². The summed E-state index contributed by atoms with van der Waals surface area (Å²) >= 11 is 0. The fourth-order valence-corrected chi connectivity index (χ4v) is 2.01. The van der Waals surface area contributed by atoms with Gasteiger partial charge in [0.05, 0.1) is 12.7 Å². The molecule has 0 spiro atoms. The fraction of sp³-hybridized carbons (Fsp3) is 0.0714. The number of phenols is 1. The lowest BCUT2D eigenvalue weighted by atomic mass is 10.0. The molecule has 0 saturated carbocycles. The number of nitrogens with zero attached hydrogens (tertiary/aromatic N) is 2. The Morgan fingerprint density at radius 1 is 1.29 bits per heavy atom. The van der Waals surface area contributed by atoms with Crippen LogP contribution in [-0.2, 0) is 0 Å². The topological polar surface area (TPSA) is 100 Å². The summed E-state index contributed by atoms with van der Waals surface area (Å²) in [6, 6.07) is 10.7.